The van der Waals surface area contributed by atoms with Crippen LogP contribution in [0, 0.1) is 0 Å². The molecule has 1 aromatic carbocycles. The molecule has 6 nitrogen and oxygen atoms in total. The number of carbonyl (C=O) groups excluding carboxylic acids is 1. The highest BCUT2D eigenvalue weighted by molar-refractivity contribution is 5.91. The molecule has 1 aromatic rings. The third-order valence-electron chi connectivity index (χ3n) is 2.13. The summed E-state index contributed by atoms with van der Waals surface area (Å²) in [6.07, 6.45) is 0.0864. The lowest BCUT2D eigenvalue weighted by atomic mass is 10.1. The Balaban J connectivity index is 2.42. The number of nitrogens with two attached hydrogens (primary N) is 1. The molecule has 0 aromatic heterocycles. The fourth-order valence-corrected chi connectivity index (χ4v) is 1.22. The highest BCUT2D eigenvalue weighted by Crippen LogP contribution is 2.15. The number of phenols is 1. The van der Waals surface area contributed by atoms with Gasteiger partial charge in [0.15, 0.2) is 0 Å². The number of aliphatic carboxylic acids is 1. The van der Waals surface area contributed by atoms with E-state index in [0.29, 0.717) is 5.69 Å². The van der Waals surface area contributed by atoms with Crippen LogP contribution in [0.25, 0.3) is 0 Å². The van der Waals surface area contributed by atoms with E-state index in [1.54, 1.807) is 12.1 Å². The van der Waals surface area contributed by atoms with Gasteiger partial charge in [-0.05, 0) is 18.6 Å². The Kier molecular flexibility index (Phi) is 4.47. The number of phenolic OH excluding ortho intramolecular Hbond substituents is 1. The van der Waals surface area contributed by atoms with Gasteiger partial charge in [0.25, 0.3) is 0 Å². The average molecular weight is 238 g/mol. The zero-order chi connectivity index (χ0) is 12.8. The second-order valence-electron chi connectivity index (χ2n) is 3.58. The van der Waals surface area contributed by atoms with E-state index in [9.17, 15) is 9.59 Å². The first-order valence-electron chi connectivity index (χ1n) is 5.06. The van der Waals surface area contributed by atoms with Crippen LogP contribution >= 0.6 is 0 Å². The smallest absolute Gasteiger partial charge is 0.320 e. The summed E-state index contributed by atoms with van der Waals surface area (Å²) in [6, 6.07) is 5.05. The first-order chi connectivity index (χ1) is 7.99. The van der Waals surface area contributed by atoms with Crippen LogP contribution in [0.4, 0.5) is 5.69 Å². The van der Waals surface area contributed by atoms with E-state index >= 15 is 0 Å². The van der Waals surface area contributed by atoms with Gasteiger partial charge in [0.05, 0.1) is 0 Å². The number of hydrogen-bond acceptors (Lipinski definition) is 4. The first kappa shape index (κ1) is 13.0. The Morgan fingerprint density at radius 3 is 2.71 bits per heavy atom. The second kappa shape index (κ2) is 5.86. The van der Waals surface area contributed by atoms with Gasteiger partial charge >= 0.3 is 5.97 Å². The third-order valence-corrected chi connectivity index (χ3v) is 2.13. The van der Waals surface area contributed by atoms with Crippen LogP contribution in [0.3, 0.4) is 0 Å². The summed E-state index contributed by atoms with van der Waals surface area (Å²) >= 11 is 0. The van der Waals surface area contributed by atoms with E-state index in [2.05, 4.69) is 5.32 Å². The molecule has 0 saturated carbocycles. The standard InChI is InChI=1S/C11H14N2O4/c12-9(11(16)17)4-5-10(15)13-7-2-1-3-8(14)6-7/h1-3,6,9,14H,4-5,12H2,(H,13,15)(H,16,17)/t9-/m0/s1. The summed E-state index contributed by atoms with van der Waals surface area (Å²) < 4.78 is 0. The van der Waals surface area contributed by atoms with Crippen LogP contribution in [0.1, 0.15) is 12.8 Å². The van der Waals surface area contributed by atoms with E-state index in [0.717, 1.165) is 0 Å². The summed E-state index contributed by atoms with van der Waals surface area (Å²) in [5, 5.41) is 20.2. The number of hydrogen-bond donors (Lipinski definition) is 4. The normalized spacial score (nSPS) is 11.8. The topological polar surface area (TPSA) is 113 Å². The molecule has 0 aliphatic carbocycles. The molecular weight excluding hydrogens is 224 g/mol. The molecule has 5 N–H and O–H groups in total. The minimum atomic E-state index is -1.13. The maximum atomic E-state index is 11.4. The number of aromatic hydroxyl groups is 1. The van der Waals surface area contributed by atoms with E-state index in [1.165, 1.54) is 12.1 Å². The first-order valence-corrected chi connectivity index (χ1v) is 5.06. The number of carboxylic acids is 1. The molecule has 0 radical (unpaired) electrons. The Morgan fingerprint density at radius 1 is 1.41 bits per heavy atom. The number of nitrogens with one attached hydrogen (secondary N) is 1. The van der Waals surface area contributed by atoms with Crippen molar-refractivity contribution in [3.63, 3.8) is 0 Å². The van der Waals surface area contributed by atoms with Crippen molar-refractivity contribution in [1.82, 2.24) is 0 Å². The molecule has 0 bridgehead atoms. The average Bonchev–Trinajstić information content (AvgIpc) is 2.25. The number of amides is 1. The monoisotopic (exact) mass is 238 g/mol. The van der Waals surface area contributed by atoms with Gasteiger partial charge in [-0.2, -0.15) is 0 Å². The molecule has 0 saturated heterocycles. The molecule has 0 fully saturated rings. The SMILES string of the molecule is N[C@@H](CCC(=O)Nc1cccc(O)c1)C(=O)O. The number of carbonyl (C=O) groups is 2. The molecule has 0 heterocycles. The number of rotatable bonds is 5. The number of anilines is 1. The Labute approximate surface area is 98.1 Å². The maximum Gasteiger partial charge on any atom is 0.320 e. The summed E-state index contributed by atoms with van der Waals surface area (Å²) in [6.45, 7) is 0. The van der Waals surface area contributed by atoms with Crippen molar-refractivity contribution in [2.75, 3.05) is 5.32 Å². The molecule has 0 unspecified atom stereocenters. The van der Waals surface area contributed by atoms with Gasteiger partial charge in [0, 0.05) is 18.2 Å². The van der Waals surface area contributed by atoms with Crippen molar-refractivity contribution in [2.24, 2.45) is 5.73 Å². The van der Waals surface area contributed by atoms with Crippen LogP contribution < -0.4 is 11.1 Å². The lowest BCUT2D eigenvalue weighted by Crippen LogP contribution is -2.31. The van der Waals surface area contributed by atoms with Gasteiger partial charge in [0.1, 0.15) is 11.8 Å². The van der Waals surface area contributed by atoms with Crippen molar-refractivity contribution in [3.8, 4) is 5.75 Å². The molecule has 92 valence electrons. The van der Waals surface area contributed by atoms with Gasteiger partial charge in [-0.25, -0.2) is 0 Å². The van der Waals surface area contributed by atoms with Crippen LogP contribution in [-0.4, -0.2) is 28.1 Å². The molecular formula is C11H14N2O4. The molecule has 0 aliphatic heterocycles. The summed E-state index contributed by atoms with van der Waals surface area (Å²) in [7, 11) is 0. The number of benzene rings is 1. The molecule has 17 heavy (non-hydrogen) atoms. The van der Waals surface area contributed by atoms with Crippen LogP contribution in [0.15, 0.2) is 24.3 Å². The fraction of sp³-hybridized carbons (Fsp3) is 0.273. The van der Waals surface area contributed by atoms with E-state index in [4.69, 9.17) is 15.9 Å². The minimum absolute atomic E-state index is 0.0170. The van der Waals surface area contributed by atoms with Gasteiger partial charge in [-0.1, -0.05) is 6.07 Å². The highest BCUT2D eigenvalue weighted by atomic mass is 16.4. The van der Waals surface area contributed by atoms with Crippen molar-refractivity contribution < 1.29 is 19.8 Å². The number of carboxylic acid groups (broad SMARTS) is 1. The van der Waals surface area contributed by atoms with Gasteiger partial charge < -0.3 is 21.3 Å². The zero-order valence-corrected chi connectivity index (χ0v) is 9.09. The largest absolute Gasteiger partial charge is 0.508 e. The van der Waals surface area contributed by atoms with Crippen molar-refractivity contribution >= 4 is 17.6 Å². The van der Waals surface area contributed by atoms with Crippen LogP contribution in [0.2, 0.25) is 0 Å². The van der Waals surface area contributed by atoms with Crippen LogP contribution in [-0.2, 0) is 9.59 Å². The molecule has 1 atom stereocenters. The molecule has 0 aliphatic rings. The van der Waals surface area contributed by atoms with E-state index < -0.39 is 12.0 Å². The van der Waals surface area contributed by atoms with E-state index in [-0.39, 0.29) is 24.5 Å². The van der Waals surface area contributed by atoms with Crippen molar-refractivity contribution in [1.29, 1.82) is 0 Å². The highest BCUT2D eigenvalue weighted by Gasteiger charge is 2.13. The van der Waals surface area contributed by atoms with E-state index in [1.807, 2.05) is 0 Å². The zero-order valence-electron chi connectivity index (χ0n) is 9.09. The fourth-order valence-electron chi connectivity index (χ4n) is 1.22. The lowest BCUT2D eigenvalue weighted by molar-refractivity contribution is -0.138. The Bertz CT molecular complexity index is 420. The maximum absolute atomic E-state index is 11.4. The Morgan fingerprint density at radius 2 is 2.12 bits per heavy atom. The van der Waals surface area contributed by atoms with Crippen molar-refractivity contribution in [3.05, 3.63) is 24.3 Å². The quantitative estimate of drug-likeness (QED) is 0.597. The van der Waals surface area contributed by atoms with Crippen molar-refractivity contribution in [2.45, 2.75) is 18.9 Å². The molecule has 1 rings (SSSR count). The second-order valence-corrected chi connectivity index (χ2v) is 3.58. The molecule has 0 spiro atoms. The van der Waals surface area contributed by atoms with Gasteiger partial charge in [-0.3, -0.25) is 9.59 Å². The predicted molar refractivity (Wildman–Crippen MR) is 61.6 cm³/mol. The summed E-state index contributed by atoms with van der Waals surface area (Å²) in [5.41, 5.74) is 5.72. The van der Waals surface area contributed by atoms with Crippen LogP contribution in [0.5, 0.6) is 5.75 Å². The molecule has 1 amide bonds. The van der Waals surface area contributed by atoms with Gasteiger partial charge in [0.2, 0.25) is 5.91 Å². The third kappa shape index (κ3) is 4.52. The van der Waals surface area contributed by atoms with Gasteiger partial charge in [-0.15, -0.1) is 0 Å². The molecule has 6 heteroatoms. The lowest BCUT2D eigenvalue weighted by Gasteiger charge is -2.07. The minimum Gasteiger partial charge on any atom is -0.508 e. The summed E-state index contributed by atoms with van der Waals surface area (Å²) in [4.78, 5) is 21.8. The summed E-state index contributed by atoms with van der Waals surface area (Å²) in [5.74, 6) is -1.42. The Hall–Kier alpha value is -2.08. The predicted octanol–water partition coefficient (Wildman–Crippen LogP) is 0.523.